The third-order valence-corrected chi connectivity index (χ3v) is 2.55. The first-order valence-corrected chi connectivity index (χ1v) is 5.10. The van der Waals surface area contributed by atoms with E-state index in [1.807, 2.05) is 0 Å². The Morgan fingerprint density at radius 3 is 3.14 bits per heavy atom. The highest BCUT2D eigenvalue weighted by molar-refractivity contribution is 9.10. The minimum absolute atomic E-state index is 0.160. The lowest BCUT2D eigenvalue weighted by Gasteiger charge is -2.09. The van der Waals surface area contributed by atoms with Gasteiger partial charge in [0.15, 0.2) is 4.73 Å². The number of anilines is 1. The average molecular weight is 263 g/mol. The Balaban J connectivity index is 1.87. The van der Waals surface area contributed by atoms with Gasteiger partial charge in [-0.3, -0.25) is 0 Å². The lowest BCUT2D eigenvalue weighted by molar-refractivity contribution is -0.00449. The molecule has 0 aromatic carbocycles. The molecule has 1 atom stereocenters. The van der Waals surface area contributed by atoms with E-state index in [9.17, 15) is 0 Å². The summed E-state index contributed by atoms with van der Waals surface area (Å²) in [5, 5.41) is 3.94. The van der Waals surface area contributed by atoms with E-state index >= 15 is 0 Å². The lowest BCUT2D eigenvalue weighted by Crippen LogP contribution is -2.16. The Kier molecular flexibility index (Phi) is 2.99. The summed E-state index contributed by atoms with van der Waals surface area (Å²) in [5.41, 5.74) is 5.41. The summed E-state index contributed by atoms with van der Waals surface area (Å²) in [4.78, 5) is 3.89. The highest BCUT2D eigenvalue weighted by Crippen LogP contribution is 2.12. The van der Waals surface area contributed by atoms with Crippen molar-refractivity contribution in [3.63, 3.8) is 0 Å². The van der Waals surface area contributed by atoms with Crippen LogP contribution in [0.1, 0.15) is 6.42 Å². The lowest BCUT2D eigenvalue weighted by atomic mass is 10.3. The quantitative estimate of drug-likeness (QED) is 0.853. The van der Waals surface area contributed by atoms with Gasteiger partial charge in [-0.25, -0.2) is 4.68 Å². The van der Waals surface area contributed by atoms with Crippen molar-refractivity contribution in [3.8, 4) is 0 Å². The van der Waals surface area contributed by atoms with E-state index in [-0.39, 0.29) is 12.1 Å². The molecule has 2 heterocycles. The van der Waals surface area contributed by atoms with Crippen LogP contribution in [0, 0.1) is 0 Å². The van der Waals surface area contributed by atoms with Gasteiger partial charge in [-0.2, -0.15) is 4.98 Å². The maximum Gasteiger partial charge on any atom is 0.240 e. The molecule has 1 unspecified atom stereocenters. The van der Waals surface area contributed by atoms with Crippen LogP contribution in [0.15, 0.2) is 4.73 Å². The van der Waals surface area contributed by atoms with E-state index in [0.29, 0.717) is 18.1 Å². The van der Waals surface area contributed by atoms with Crippen LogP contribution in [0.3, 0.4) is 0 Å². The molecule has 1 aromatic heterocycles. The van der Waals surface area contributed by atoms with Gasteiger partial charge in [-0.15, -0.1) is 5.10 Å². The zero-order chi connectivity index (χ0) is 9.97. The van der Waals surface area contributed by atoms with Gasteiger partial charge < -0.3 is 15.2 Å². The number of nitrogens with two attached hydrogens (primary N) is 1. The minimum atomic E-state index is 0.160. The molecule has 2 N–H and O–H groups in total. The van der Waals surface area contributed by atoms with Crippen LogP contribution in [0.4, 0.5) is 5.95 Å². The van der Waals surface area contributed by atoms with Crippen LogP contribution in [-0.4, -0.2) is 34.1 Å². The molecule has 0 aliphatic carbocycles. The van der Waals surface area contributed by atoms with E-state index in [0.717, 1.165) is 13.0 Å². The van der Waals surface area contributed by atoms with Crippen LogP contribution >= 0.6 is 15.9 Å². The Hall–Kier alpha value is -0.660. The fourth-order valence-electron chi connectivity index (χ4n) is 1.24. The van der Waals surface area contributed by atoms with E-state index in [2.05, 4.69) is 26.0 Å². The Morgan fingerprint density at radius 1 is 1.71 bits per heavy atom. The van der Waals surface area contributed by atoms with Gasteiger partial charge in [-0.05, 0) is 22.4 Å². The second kappa shape index (κ2) is 4.24. The topological polar surface area (TPSA) is 75.2 Å². The molecule has 2 rings (SSSR count). The molecule has 0 saturated carbocycles. The largest absolute Gasteiger partial charge is 0.379 e. The summed E-state index contributed by atoms with van der Waals surface area (Å²) in [6.07, 6.45) is 1.09. The van der Waals surface area contributed by atoms with Gasteiger partial charge in [0.1, 0.15) is 6.73 Å². The van der Waals surface area contributed by atoms with Crippen molar-refractivity contribution < 1.29 is 9.47 Å². The van der Waals surface area contributed by atoms with Gasteiger partial charge in [0, 0.05) is 6.61 Å². The average Bonchev–Trinajstić information content (AvgIpc) is 2.72. The molecule has 1 aliphatic heterocycles. The smallest absolute Gasteiger partial charge is 0.240 e. The molecule has 1 aliphatic rings. The first-order chi connectivity index (χ1) is 6.75. The maximum atomic E-state index is 5.53. The predicted molar refractivity (Wildman–Crippen MR) is 52.4 cm³/mol. The van der Waals surface area contributed by atoms with Crippen molar-refractivity contribution in [2.24, 2.45) is 0 Å². The highest BCUT2D eigenvalue weighted by Gasteiger charge is 2.16. The van der Waals surface area contributed by atoms with Gasteiger partial charge >= 0.3 is 0 Å². The van der Waals surface area contributed by atoms with Crippen LogP contribution in [0.25, 0.3) is 0 Å². The van der Waals surface area contributed by atoms with E-state index in [1.165, 1.54) is 0 Å². The van der Waals surface area contributed by atoms with Crippen molar-refractivity contribution in [3.05, 3.63) is 4.73 Å². The summed E-state index contributed by atoms with van der Waals surface area (Å²) < 4.78 is 12.8. The number of ether oxygens (including phenoxy) is 2. The minimum Gasteiger partial charge on any atom is -0.379 e. The zero-order valence-corrected chi connectivity index (χ0v) is 9.11. The summed E-state index contributed by atoms with van der Waals surface area (Å²) >= 11 is 3.22. The molecule has 0 bridgehead atoms. The van der Waals surface area contributed by atoms with Crippen molar-refractivity contribution in [2.45, 2.75) is 19.3 Å². The molecular weight excluding hydrogens is 252 g/mol. The fraction of sp³-hybridized carbons (Fsp3) is 0.714. The standard InChI is InChI=1S/C7H11BrN4O2/c8-6-10-7(9)11-12(6)4-14-5-1-2-13-3-5/h5H,1-4H2,(H2,9,11). The zero-order valence-electron chi connectivity index (χ0n) is 7.52. The second-order valence-electron chi connectivity index (χ2n) is 3.02. The SMILES string of the molecule is Nc1nc(Br)n(COC2CCOC2)n1. The molecule has 1 saturated heterocycles. The van der Waals surface area contributed by atoms with Crippen molar-refractivity contribution in [1.29, 1.82) is 0 Å². The van der Waals surface area contributed by atoms with Crippen molar-refractivity contribution in [2.75, 3.05) is 18.9 Å². The van der Waals surface area contributed by atoms with Crippen LogP contribution in [-0.2, 0) is 16.2 Å². The van der Waals surface area contributed by atoms with Crippen LogP contribution in [0.5, 0.6) is 0 Å². The molecule has 78 valence electrons. The third kappa shape index (κ3) is 2.23. The molecule has 0 amide bonds. The fourth-order valence-corrected chi connectivity index (χ4v) is 1.61. The van der Waals surface area contributed by atoms with Gasteiger partial charge in [0.05, 0.1) is 12.7 Å². The maximum absolute atomic E-state index is 5.53. The Labute approximate surface area is 89.5 Å². The van der Waals surface area contributed by atoms with Crippen molar-refractivity contribution >= 4 is 21.9 Å². The number of hydrogen-bond acceptors (Lipinski definition) is 5. The van der Waals surface area contributed by atoms with E-state index < -0.39 is 0 Å². The molecule has 14 heavy (non-hydrogen) atoms. The predicted octanol–water partition coefficient (Wildman–Crippen LogP) is 0.386. The molecule has 0 spiro atoms. The van der Waals surface area contributed by atoms with E-state index in [4.69, 9.17) is 15.2 Å². The Morgan fingerprint density at radius 2 is 2.57 bits per heavy atom. The summed E-state index contributed by atoms with van der Waals surface area (Å²) in [6, 6.07) is 0. The number of halogens is 1. The first kappa shape index (κ1) is 9.88. The molecule has 1 aromatic rings. The van der Waals surface area contributed by atoms with Gasteiger partial charge in [-0.1, -0.05) is 0 Å². The monoisotopic (exact) mass is 262 g/mol. The molecule has 7 heteroatoms. The Bertz CT molecular complexity index is 311. The molecule has 0 radical (unpaired) electrons. The van der Waals surface area contributed by atoms with E-state index in [1.54, 1.807) is 4.68 Å². The summed E-state index contributed by atoms with van der Waals surface area (Å²) in [5.74, 6) is 0.239. The van der Waals surface area contributed by atoms with Gasteiger partial charge in [0.2, 0.25) is 5.95 Å². The number of aromatic nitrogens is 3. The van der Waals surface area contributed by atoms with Crippen LogP contribution < -0.4 is 5.73 Å². The number of nitrogen functional groups attached to an aromatic ring is 1. The molecular formula is C7H11BrN4O2. The van der Waals surface area contributed by atoms with Gasteiger partial charge in [0.25, 0.3) is 0 Å². The summed E-state index contributed by atoms with van der Waals surface area (Å²) in [7, 11) is 0. The number of hydrogen-bond donors (Lipinski definition) is 1. The second-order valence-corrected chi connectivity index (χ2v) is 3.73. The van der Waals surface area contributed by atoms with Crippen LogP contribution in [0.2, 0.25) is 0 Å². The normalized spacial score (nSPS) is 21.6. The van der Waals surface area contributed by atoms with Crippen molar-refractivity contribution in [1.82, 2.24) is 14.8 Å². The highest BCUT2D eigenvalue weighted by atomic mass is 79.9. The number of nitrogens with zero attached hydrogens (tertiary/aromatic N) is 3. The third-order valence-electron chi connectivity index (χ3n) is 1.96. The molecule has 6 nitrogen and oxygen atoms in total. The first-order valence-electron chi connectivity index (χ1n) is 4.31. The summed E-state index contributed by atoms with van der Waals surface area (Å²) in [6.45, 7) is 1.77. The molecule has 1 fully saturated rings. The number of rotatable bonds is 3.